The lowest BCUT2D eigenvalue weighted by molar-refractivity contribution is 0.562. The van der Waals surface area contributed by atoms with Crippen molar-refractivity contribution in [2.24, 2.45) is 0 Å². The Bertz CT molecular complexity index is 234. The molecule has 0 saturated carbocycles. The average Bonchev–Trinajstić information content (AvgIpc) is 2.31. The second-order valence-electron chi connectivity index (χ2n) is 3.65. The molecular formula is C8H13ClN2. The van der Waals surface area contributed by atoms with Crippen LogP contribution in [0.15, 0.2) is 6.20 Å². The van der Waals surface area contributed by atoms with E-state index >= 15 is 0 Å². The van der Waals surface area contributed by atoms with E-state index in [0.717, 1.165) is 11.3 Å². The molecule has 11 heavy (non-hydrogen) atoms. The number of hydrogen-bond acceptors (Lipinski definition) is 1. The fourth-order valence-corrected chi connectivity index (χ4v) is 1.26. The fourth-order valence-electron chi connectivity index (χ4n) is 1.06. The van der Waals surface area contributed by atoms with Crippen LogP contribution in [0.5, 0.6) is 0 Å². The number of rotatable bonds is 1. The SMILES string of the molecule is CC(C)(C)c1[nH]ncc1CCl. The molecule has 0 aliphatic heterocycles. The van der Waals surface area contributed by atoms with Gasteiger partial charge in [0, 0.05) is 16.7 Å². The quantitative estimate of drug-likeness (QED) is 0.648. The Labute approximate surface area is 72.0 Å². The van der Waals surface area contributed by atoms with E-state index in [1.54, 1.807) is 6.20 Å². The summed E-state index contributed by atoms with van der Waals surface area (Å²) in [7, 11) is 0. The molecule has 2 nitrogen and oxygen atoms in total. The molecule has 3 heteroatoms. The predicted molar refractivity (Wildman–Crippen MR) is 46.8 cm³/mol. The molecule has 0 bridgehead atoms. The van der Waals surface area contributed by atoms with Crippen molar-refractivity contribution in [1.29, 1.82) is 0 Å². The molecule has 0 fully saturated rings. The largest absolute Gasteiger partial charge is 0.282 e. The molecule has 0 unspecified atom stereocenters. The molecule has 1 N–H and O–H groups in total. The Hall–Kier alpha value is -0.500. The second kappa shape index (κ2) is 2.86. The summed E-state index contributed by atoms with van der Waals surface area (Å²) in [6.45, 7) is 6.41. The average molecular weight is 173 g/mol. The van der Waals surface area contributed by atoms with Gasteiger partial charge >= 0.3 is 0 Å². The van der Waals surface area contributed by atoms with E-state index in [-0.39, 0.29) is 5.41 Å². The number of H-pyrrole nitrogens is 1. The minimum atomic E-state index is 0.112. The van der Waals surface area contributed by atoms with Gasteiger partial charge in [0.05, 0.1) is 12.1 Å². The highest BCUT2D eigenvalue weighted by Gasteiger charge is 2.18. The zero-order chi connectivity index (χ0) is 8.48. The van der Waals surface area contributed by atoms with Crippen LogP contribution in [0.3, 0.4) is 0 Å². The normalized spacial score (nSPS) is 12.0. The van der Waals surface area contributed by atoms with E-state index in [2.05, 4.69) is 31.0 Å². The maximum Gasteiger partial charge on any atom is 0.0534 e. The van der Waals surface area contributed by atoms with E-state index in [9.17, 15) is 0 Å². The molecule has 0 aromatic carbocycles. The molecule has 62 valence electrons. The highest BCUT2D eigenvalue weighted by Crippen LogP contribution is 2.23. The first kappa shape index (κ1) is 8.60. The molecule has 0 amide bonds. The lowest BCUT2D eigenvalue weighted by Gasteiger charge is -2.17. The van der Waals surface area contributed by atoms with Crippen LogP contribution >= 0.6 is 11.6 Å². The number of hydrogen-bond donors (Lipinski definition) is 1. The van der Waals surface area contributed by atoms with Crippen molar-refractivity contribution in [2.75, 3.05) is 0 Å². The van der Waals surface area contributed by atoms with Gasteiger partial charge in [0.2, 0.25) is 0 Å². The van der Waals surface area contributed by atoms with Crippen molar-refractivity contribution in [3.05, 3.63) is 17.5 Å². The molecule has 0 spiro atoms. The Morgan fingerprint density at radius 1 is 1.55 bits per heavy atom. The topological polar surface area (TPSA) is 28.7 Å². The van der Waals surface area contributed by atoms with Gasteiger partial charge < -0.3 is 0 Å². The third-order valence-electron chi connectivity index (χ3n) is 1.61. The summed E-state index contributed by atoms with van der Waals surface area (Å²) in [6, 6.07) is 0. The Morgan fingerprint density at radius 3 is 2.55 bits per heavy atom. The minimum Gasteiger partial charge on any atom is -0.282 e. The van der Waals surface area contributed by atoms with Crippen LogP contribution in [0, 0.1) is 0 Å². The van der Waals surface area contributed by atoms with Gasteiger partial charge in [0.25, 0.3) is 0 Å². The van der Waals surface area contributed by atoms with Crippen LogP contribution in [-0.4, -0.2) is 10.2 Å². The molecule has 0 aliphatic carbocycles. The number of nitrogens with one attached hydrogen (secondary N) is 1. The summed E-state index contributed by atoms with van der Waals surface area (Å²) in [5.74, 6) is 0.531. The van der Waals surface area contributed by atoms with Gasteiger partial charge in [0.1, 0.15) is 0 Å². The van der Waals surface area contributed by atoms with Crippen LogP contribution in [0.4, 0.5) is 0 Å². The summed E-state index contributed by atoms with van der Waals surface area (Å²) in [4.78, 5) is 0. The van der Waals surface area contributed by atoms with Crippen LogP contribution in [0.1, 0.15) is 32.0 Å². The summed E-state index contributed by atoms with van der Waals surface area (Å²) in [5, 5.41) is 6.91. The smallest absolute Gasteiger partial charge is 0.0534 e. The van der Waals surface area contributed by atoms with Gasteiger partial charge in [-0.25, -0.2) is 0 Å². The van der Waals surface area contributed by atoms with Crippen LogP contribution in [-0.2, 0) is 11.3 Å². The summed E-state index contributed by atoms with van der Waals surface area (Å²) < 4.78 is 0. The number of alkyl halides is 1. The molecule has 0 atom stereocenters. The van der Waals surface area contributed by atoms with Gasteiger partial charge in [-0.2, -0.15) is 5.10 Å². The number of aromatic amines is 1. The third kappa shape index (κ3) is 1.74. The van der Waals surface area contributed by atoms with Crippen LogP contribution in [0.25, 0.3) is 0 Å². The monoisotopic (exact) mass is 172 g/mol. The minimum absolute atomic E-state index is 0.112. The summed E-state index contributed by atoms with van der Waals surface area (Å²) in [5.41, 5.74) is 2.34. The number of aromatic nitrogens is 2. The molecule has 1 aromatic rings. The molecule has 0 saturated heterocycles. The molecule has 0 radical (unpaired) electrons. The van der Waals surface area contributed by atoms with Crippen molar-refractivity contribution < 1.29 is 0 Å². The summed E-state index contributed by atoms with van der Waals surface area (Å²) >= 11 is 5.72. The van der Waals surface area contributed by atoms with Crippen molar-refractivity contribution in [2.45, 2.75) is 32.1 Å². The summed E-state index contributed by atoms with van der Waals surface area (Å²) in [6.07, 6.45) is 1.79. The molecule has 1 heterocycles. The predicted octanol–water partition coefficient (Wildman–Crippen LogP) is 2.45. The molecule has 1 rings (SSSR count). The van der Waals surface area contributed by atoms with Gasteiger partial charge in [-0.15, -0.1) is 11.6 Å². The van der Waals surface area contributed by atoms with Crippen LogP contribution < -0.4 is 0 Å². The molecule has 1 aromatic heterocycles. The Balaban J connectivity index is 3.02. The lowest BCUT2D eigenvalue weighted by Crippen LogP contribution is -2.13. The first-order valence-electron chi connectivity index (χ1n) is 3.64. The van der Waals surface area contributed by atoms with Crippen molar-refractivity contribution in [3.8, 4) is 0 Å². The standard InChI is InChI=1S/C8H13ClN2/c1-8(2,3)7-6(4-9)5-10-11-7/h5H,4H2,1-3H3,(H,10,11). The van der Waals surface area contributed by atoms with E-state index < -0.39 is 0 Å². The second-order valence-corrected chi connectivity index (χ2v) is 3.92. The van der Waals surface area contributed by atoms with E-state index in [4.69, 9.17) is 11.6 Å². The van der Waals surface area contributed by atoms with E-state index in [1.807, 2.05) is 0 Å². The molecule has 0 aliphatic rings. The fraction of sp³-hybridized carbons (Fsp3) is 0.625. The first-order chi connectivity index (χ1) is 5.05. The maximum absolute atomic E-state index is 5.72. The zero-order valence-corrected chi connectivity index (χ0v) is 7.87. The highest BCUT2D eigenvalue weighted by atomic mass is 35.5. The highest BCUT2D eigenvalue weighted by molar-refractivity contribution is 6.17. The van der Waals surface area contributed by atoms with Crippen molar-refractivity contribution in [1.82, 2.24) is 10.2 Å². The number of halogens is 1. The maximum atomic E-state index is 5.72. The Kier molecular flexibility index (Phi) is 2.23. The first-order valence-corrected chi connectivity index (χ1v) is 4.18. The van der Waals surface area contributed by atoms with Crippen molar-refractivity contribution in [3.63, 3.8) is 0 Å². The zero-order valence-electron chi connectivity index (χ0n) is 7.11. The van der Waals surface area contributed by atoms with Crippen LogP contribution in [0.2, 0.25) is 0 Å². The number of nitrogens with zero attached hydrogens (tertiary/aromatic N) is 1. The lowest BCUT2D eigenvalue weighted by atomic mass is 9.90. The third-order valence-corrected chi connectivity index (χ3v) is 1.90. The van der Waals surface area contributed by atoms with Gasteiger partial charge in [-0.1, -0.05) is 20.8 Å². The van der Waals surface area contributed by atoms with Gasteiger partial charge in [-0.3, -0.25) is 5.10 Å². The van der Waals surface area contributed by atoms with E-state index in [0.29, 0.717) is 5.88 Å². The van der Waals surface area contributed by atoms with Gasteiger partial charge in [-0.05, 0) is 0 Å². The molecular weight excluding hydrogens is 160 g/mol. The van der Waals surface area contributed by atoms with E-state index in [1.165, 1.54) is 0 Å². The Morgan fingerprint density at radius 2 is 2.18 bits per heavy atom. The van der Waals surface area contributed by atoms with Crippen molar-refractivity contribution >= 4 is 11.6 Å². The van der Waals surface area contributed by atoms with Gasteiger partial charge in [0.15, 0.2) is 0 Å².